The molecule has 1 aromatic heterocycles. The van der Waals surface area contributed by atoms with Gasteiger partial charge in [-0.05, 0) is 43.4 Å². The SMILES string of the molecule is CCCOc1ccc(C2C3=C(OC4CCCCC4C3=O)C(=O)N2c2nccs2)cc1OC. The first-order chi connectivity index (χ1) is 15.6. The molecule has 8 heteroatoms. The normalized spacial score (nSPS) is 24.8. The molecule has 32 heavy (non-hydrogen) atoms. The molecule has 2 aliphatic heterocycles. The molecule has 3 heterocycles. The quantitative estimate of drug-likeness (QED) is 0.642. The zero-order valence-corrected chi connectivity index (χ0v) is 19.0. The molecule has 7 nitrogen and oxygen atoms in total. The van der Waals surface area contributed by atoms with Crippen molar-refractivity contribution in [1.29, 1.82) is 0 Å². The Bertz CT molecular complexity index is 1060. The molecule has 0 N–H and O–H groups in total. The van der Waals surface area contributed by atoms with E-state index in [1.807, 2.05) is 30.5 Å². The van der Waals surface area contributed by atoms with Gasteiger partial charge in [0.25, 0.3) is 5.91 Å². The highest BCUT2D eigenvalue weighted by molar-refractivity contribution is 7.13. The van der Waals surface area contributed by atoms with Crippen LogP contribution in [0.3, 0.4) is 0 Å². The number of anilines is 1. The minimum Gasteiger partial charge on any atom is -0.493 e. The van der Waals surface area contributed by atoms with Crippen molar-refractivity contribution in [2.45, 2.75) is 51.2 Å². The Balaban J connectivity index is 1.61. The van der Waals surface area contributed by atoms with Gasteiger partial charge < -0.3 is 14.2 Å². The summed E-state index contributed by atoms with van der Waals surface area (Å²) in [6, 6.07) is 4.97. The maximum absolute atomic E-state index is 13.7. The van der Waals surface area contributed by atoms with Crippen LogP contribution in [0.2, 0.25) is 0 Å². The molecule has 1 saturated carbocycles. The Hall–Kier alpha value is -2.87. The number of carbonyl (C=O) groups is 2. The lowest BCUT2D eigenvalue weighted by Crippen LogP contribution is -2.39. The van der Waals surface area contributed by atoms with Crippen LogP contribution in [-0.2, 0) is 14.3 Å². The molecule has 0 bridgehead atoms. The van der Waals surface area contributed by atoms with Crippen LogP contribution in [-0.4, -0.2) is 36.5 Å². The maximum Gasteiger partial charge on any atom is 0.296 e. The second-order valence-corrected chi connectivity index (χ2v) is 9.18. The number of nitrogens with zero attached hydrogens (tertiary/aromatic N) is 2. The minimum absolute atomic E-state index is 0.0265. The third-order valence-electron chi connectivity index (χ3n) is 6.35. The van der Waals surface area contributed by atoms with Gasteiger partial charge in [0.15, 0.2) is 28.2 Å². The number of methoxy groups -OCH3 is 1. The maximum atomic E-state index is 13.7. The van der Waals surface area contributed by atoms with Gasteiger partial charge in [-0.25, -0.2) is 4.98 Å². The number of hydrogen-bond acceptors (Lipinski definition) is 7. The molecule has 0 saturated heterocycles. The van der Waals surface area contributed by atoms with Gasteiger partial charge in [-0.1, -0.05) is 19.4 Å². The van der Waals surface area contributed by atoms with Crippen molar-refractivity contribution in [2.75, 3.05) is 18.6 Å². The second kappa shape index (κ2) is 8.58. The Labute approximate surface area is 191 Å². The molecule has 1 aliphatic carbocycles. The topological polar surface area (TPSA) is 78.0 Å². The monoisotopic (exact) mass is 454 g/mol. The first-order valence-corrected chi connectivity index (χ1v) is 12.0. The molecule has 2 aromatic rings. The number of ether oxygens (including phenoxy) is 3. The summed E-state index contributed by atoms with van der Waals surface area (Å²) in [6.07, 6.45) is 5.95. The van der Waals surface area contributed by atoms with Crippen LogP contribution in [0.4, 0.5) is 5.13 Å². The number of ketones is 1. The van der Waals surface area contributed by atoms with Gasteiger partial charge in [-0.15, -0.1) is 11.3 Å². The van der Waals surface area contributed by atoms with Crippen molar-refractivity contribution < 1.29 is 23.8 Å². The van der Waals surface area contributed by atoms with E-state index in [0.29, 0.717) is 28.8 Å². The van der Waals surface area contributed by atoms with Crippen LogP contribution in [0, 0.1) is 5.92 Å². The van der Waals surface area contributed by atoms with Crippen LogP contribution in [0.25, 0.3) is 0 Å². The Morgan fingerprint density at radius 3 is 2.81 bits per heavy atom. The predicted molar refractivity (Wildman–Crippen MR) is 120 cm³/mol. The zero-order chi connectivity index (χ0) is 22.2. The summed E-state index contributed by atoms with van der Waals surface area (Å²) < 4.78 is 17.6. The molecular formula is C24H26N2O5S. The summed E-state index contributed by atoms with van der Waals surface area (Å²) in [5, 5.41) is 2.36. The van der Waals surface area contributed by atoms with Crippen molar-refractivity contribution in [3.63, 3.8) is 0 Å². The number of fused-ring (bicyclic) bond motifs is 1. The molecule has 3 aliphatic rings. The van der Waals surface area contributed by atoms with Crippen LogP contribution in [0.1, 0.15) is 50.6 Å². The van der Waals surface area contributed by atoms with Crippen molar-refractivity contribution in [3.8, 4) is 11.5 Å². The molecule has 1 aromatic carbocycles. The number of thiazole rings is 1. The smallest absolute Gasteiger partial charge is 0.296 e. The summed E-state index contributed by atoms with van der Waals surface area (Å²) in [6.45, 7) is 2.62. The van der Waals surface area contributed by atoms with E-state index < -0.39 is 6.04 Å². The highest BCUT2D eigenvalue weighted by Gasteiger charge is 2.53. The van der Waals surface area contributed by atoms with Crippen molar-refractivity contribution in [2.24, 2.45) is 5.92 Å². The van der Waals surface area contributed by atoms with Gasteiger partial charge in [0, 0.05) is 11.6 Å². The van der Waals surface area contributed by atoms with Gasteiger partial charge in [0.1, 0.15) is 6.10 Å². The molecule has 1 amide bonds. The zero-order valence-electron chi connectivity index (χ0n) is 18.2. The standard InChI is InChI=1S/C24H26N2O5S/c1-3-11-30-17-9-8-14(13-18(17)29-2)20-19-21(27)15-6-4-5-7-16(15)31-22(19)23(28)26(20)24-25-10-12-32-24/h8-10,12-13,15-16,20H,3-7,11H2,1-2H3. The van der Waals surface area contributed by atoms with Gasteiger partial charge in [-0.2, -0.15) is 0 Å². The fraction of sp³-hybridized carbons (Fsp3) is 0.458. The third-order valence-corrected chi connectivity index (χ3v) is 7.12. The number of carbonyl (C=O) groups excluding carboxylic acids is 2. The third kappa shape index (κ3) is 3.37. The van der Waals surface area contributed by atoms with Gasteiger partial charge in [-0.3, -0.25) is 14.5 Å². The largest absolute Gasteiger partial charge is 0.493 e. The van der Waals surface area contributed by atoms with E-state index >= 15 is 0 Å². The van der Waals surface area contributed by atoms with Gasteiger partial charge in [0.05, 0.1) is 31.2 Å². The lowest BCUT2D eigenvalue weighted by atomic mass is 9.77. The van der Waals surface area contributed by atoms with Crippen LogP contribution >= 0.6 is 11.3 Å². The number of Topliss-reactive ketones (excluding diaryl/α,β-unsaturated/α-hetero) is 1. The summed E-state index contributed by atoms with van der Waals surface area (Å²) in [4.78, 5) is 33.1. The van der Waals surface area contributed by atoms with E-state index in [1.165, 1.54) is 11.3 Å². The number of rotatable bonds is 6. The number of benzene rings is 1. The van der Waals surface area contributed by atoms with Crippen LogP contribution in [0.5, 0.6) is 11.5 Å². The first-order valence-electron chi connectivity index (χ1n) is 11.1. The van der Waals surface area contributed by atoms with E-state index in [1.54, 1.807) is 18.2 Å². The summed E-state index contributed by atoms with van der Waals surface area (Å²) in [7, 11) is 1.59. The summed E-state index contributed by atoms with van der Waals surface area (Å²) in [5.41, 5.74) is 1.21. The van der Waals surface area contributed by atoms with E-state index in [4.69, 9.17) is 14.2 Å². The average molecular weight is 455 g/mol. The Morgan fingerprint density at radius 1 is 1.22 bits per heavy atom. The van der Waals surface area contributed by atoms with Gasteiger partial charge in [0.2, 0.25) is 0 Å². The molecule has 0 radical (unpaired) electrons. The average Bonchev–Trinajstić information content (AvgIpc) is 3.44. The molecule has 0 spiro atoms. The number of hydrogen-bond donors (Lipinski definition) is 0. The van der Waals surface area contributed by atoms with E-state index in [-0.39, 0.29) is 29.5 Å². The number of amides is 1. The molecule has 168 valence electrons. The lowest BCUT2D eigenvalue weighted by Gasteiger charge is -2.35. The highest BCUT2D eigenvalue weighted by Crippen LogP contribution is 2.49. The molecule has 3 unspecified atom stereocenters. The fourth-order valence-corrected chi connectivity index (χ4v) is 5.55. The fourth-order valence-electron chi connectivity index (χ4n) is 4.88. The predicted octanol–water partition coefficient (Wildman–Crippen LogP) is 4.44. The van der Waals surface area contributed by atoms with Crippen molar-refractivity contribution in [1.82, 2.24) is 4.98 Å². The molecular weight excluding hydrogens is 428 g/mol. The number of aromatic nitrogens is 1. The van der Waals surface area contributed by atoms with Crippen molar-refractivity contribution in [3.05, 3.63) is 46.7 Å². The minimum atomic E-state index is -0.604. The molecule has 3 atom stereocenters. The van der Waals surface area contributed by atoms with Crippen LogP contribution in [0.15, 0.2) is 41.1 Å². The molecule has 5 rings (SSSR count). The van der Waals surface area contributed by atoms with E-state index in [0.717, 1.165) is 37.7 Å². The Morgan fingerprint density at radius 2 is 2.06 bits per heavy atom. The van der Waals surface area contributed by atoms with E-state index in [2.05, 4.69) is 4.98 Å². The lowest BCUT2D eigenvalue weighted by molar-refractivity contribution is -0.131. The molecule has 1 fully saturated rings. The highest BCUT2D eigenvalue weighted by atomic mass is 32.1. The Kier molecular flexibility index (Phi) is 5.63. The second-order valence-electron chi connectivity index (χ2n) is 8.31. The van der Waals surface area contributed by atoms with E-state index in [9.17, 15) is 9.59 Å². The van der Waals surface area contributed by atoms with Crippen molar-refractivity contribution >= 4 is 28.2 Å². The van der Waals surface area contributed by atoms with Gasteiger partial charge >= 0.3 is 0 Å². The summed E-state index contributed by atoms with van der Waals surface area (Å²) in [5.74, 6) is 0.917. The summed E-state index contributed by atoms with van der Waals surface area (Å²) >= 11 is 1.36. The van der Waals surface area contributed by atoms with Crippen LogP contribution < -0.4 is 14.4 Å². The first kappa shape index (κ1) is 21.0.